The molecule has 0 aliphatic heterocycles. The fourth-order valence-electron chi connectivity index (χ4n) is 6.83. The summed E-state index contributed by atoms with van der Waals surface area (Å²) in [5, 5.41) is 21.9. The van der Waals surface area contributed by atoms with Crippen molar-refractivity contribution in [3.05, 3.63) is 97.2 Å². The lowest BCUT2D eigenvalue weighted by Crippen LogP contribution is -2.43. The van der Waals surface area contributed by atoms with Crippen LogP contribution in [0.5, 0.6) is 0 Å². The van der Waals surface area contributed by atoms with E-state index in [1.54, 1.807) is 0 Å². The van der Waals surface area contributed by atoms with Crippen molar-refractivity contribution < 1.29 is 47.8 Å². The van der Waals surface area contributed by atoms with Crippen LogP contribution in [-0.4, -0.2) is 64.9 Å². The zero-order valence-electron chi connectivity index (χ0n) is 42.4. The fourth-order valence-corrected chi connectivity index (χ4v) is 7.60. The summed E-state index contributed by atoms with van der Waals surface area (Å²) in [5.74, 6) is -2.44. The number of rotatable bonds is 48. The SMILES string of the molecule is CC/C=C\C/C=C\C/C=C\C/C=C\C/C=C\C/C=C\C/C=C\CCCC(=O)OCC(O)COP(=O)(O)OCC(NC(=O)CCCCCCCCCCCCC/C=C/CCCCCCCC)C(=O)O. The molecule has 0 heterocycles. The molecular weight excluding hydrogens is 878 g/mol. The minimum Gasteiger partial charge on any atom is -0.480 e. The predicted molar refractivity (Wildman–Crippen MR) is 281 cm³/mol. The molecule has 0 aliphatic rings. The molecule has 3 atom stereocenters. The van der Waals surface area contributed by atoms with Gasteiger partial charge in [0.25, 0.3) is 0 Å². The fraction of sp³-hybridized carbons (Fsp3) is 0.661. The number of allylic oxidation sites excluding steroid dienone is 16. The number of aliphatic hydroxyl groups excluding tert-OH is 1. The van der Waals surface area contributed by atoms with Crippen molar-refractivity contribution in [3.8, 4) is 0 Å². The minimum absolute atomic E-state index is 0.137. The van der Waals surface area contributed by atoms with Crippen molar-refractivity contribution in [2.45, 2.75) is 219 Å². The summed E-state index contributed by atoms with van der Waals surface area (Å²) in [7, 11) is -4.78. The number of carboxylic acids is 1. The van der Waals surface area contributed by atoms with Gasteiger partial charge in [0.1, 0.15) is 12.7 Å². The highest BCUT2D eigenvalue weighted by molar-refractivity contribution is 7.47. The maximum absolute atomic E-state index is 12.4. The average molecular weight is 972 g/mol. The second kappa shape index (κ2) is 49.8. The largest absolute Gasteiger partial charge is 0.480 e. The number of nitrogens with one attached hydrogen (secondary N) is 1. The van der Waals surface area contributed by atoms with Crippen LogP contribution in [0.3, 0.4) is 0 Å². The lowest BCUT2D eigenvalue weighted by atomic mass is 10.0. The molecule has 12 heteroatoms. The number of esters is 1. The van der Waals surface area contributed by atoms with Crippen LogP contribution in [-0.2, 0) is 32.7 Å². The molecule has 68 heavy (non-hydrogen) atoms. The Bertz CT molecular complexity index is 1510. The molecular formula is C56H94NO10P. The van der Waals surface area contributed by atoms with Crippen LogP contribution in [0.25, 0.3) is 0 Å². The van der Waals surface area contributed by atoms with Gasteiger partial charge in [-0.15, -0.1) is 0 Å². The third-order valence-corrected chi connectivity index (χ3v) is 11.8. The smallest absolute Gasteiger partial charge is 0.472 e. The molecule has 0 fully saturated rings. The van der Waals surface area contributed by atoms with Crippen molar-refractivity contribution >= 4 is 25.7 Å². The lowest BCUT2D eigenvalue weighted by molar-refractivity contribution is -0.147. The molecule has 0 aromatic rings. The van der Waals surface area contributed by atoms with Crippen LogP contribution in [0.15, 0.2) is 97.2 Å². The zero-order chi connectivity index (χ0) is 49.9. The lowest BCUT2D eigenvalue weighted by Gasteiger charge is -2.18. The van der Waals surface area contributed by atoms with E-state index in [1.165, 1.54) is 96.3 Å². The van der Waals surface area contributed by atoms with Crippen LogP contribution in [0.1, 0.15) is 206 Å². The summed E-state index contributed by atoms with van der Waals surface area (Å²) >= 11 is 0. The van der Waals surface area contributed by atoms with E-state index in [4.69, 9.17) is 13.8 Å². The predicted octanol–water partition coefficient (Wildman–Crippen LogP) is 14.8. The first-order chi connectivity index (χ1) is 33.1. The van der Waals surface area contributed by atoms with Crippen molar-refractivity contribution in [2.75, 3.05) is 19.8 Å². The third kappa shape index (κ3) is 48.8. The monoisotopic (exact) mass is 972 g/mol. The van der Waals surface area contributed by atoms with Crippen LogP contribution < -0.4 is 5.32 Å². The van der Waals surface area contributed by atoms with E-state index in [2.05, 4.69) is 104 Å². The first-order valence-corrected chi connectivity index (χ1v) is 27.8. The second-order valence-corrected chi connectivity index (χ2v) is 18.8. The summed E-state index contributed by atoms with van der Waals surface area (Å²) < 4.78 is 26.9. The van der Waals surface area contributed by atoms with Crippen LogP contribution >= 0.6 is 7.82 Å². The van der Waals surface area contributed by atoms with Crippen molar-refractivity contribution in [2.24, 2.45) is 0 Å². The van der Waals surface area contributed by atoms with E-state index in [1.807, 2.05) is 12.2 Å². The highest BCUT2D eigenvalue weighted by Gasteiger charge is 2.28. The standard InChI is InChI=1S/C56H94NO10P/c1-3-5-7-9-11-13-15-17-19-21-23-25-26-28-30-32-34-36-38-40-42-44-46-48-55(60)65-49-52(58)50-66-68(63,64)67-51-53(56(61)62)57-54(59)47-45-43-41-39-37-35-33-31-29-27-24-22-20-18-16-14-12-10-8-6-4-2/h5,7,11,13,17-20,23,25,28,30,34,36,40,42,52-53,58H,3-4,6,8-10,12,14-16,21-22,24,26-27,29,31-33,35,37-39,41,43-51H2,1-2H3,(H,57,59)(H,61,62)(H,63,64)/b7-5-,13-11-,19-17-,20-18+,25-23-,30-28-,36-34-,42-40-. The molecule has 0 saturated carbocycles. The Morgan fingerprint density at radius 3 is 1.32 bits per heavy atom. The number of phosphoric ester groups is 1. The molecule has 0 saturated heterocycles. The van der Waals surface area contributed by atoms with Gasteiger partial charge >= 0.3 is 19.8 Å². The van der Waals surface area contributed by atoms with E-state index in [0.29, 0.717) is 19.3 Å². The molecule has 0 rings (SSSR count). The molecule has 4 N–H and O–H groups in total. The molecule has 0 aromatic heterocycles. The van der Waals surface area contributed by atoms with E-state index in [0.717, 1.165) is 64.2 Å². The van der Waals surface area contributed by atoms with Gasteiger partial charge in [0, 0.05) is 12.8 Å². The summed E-state index contributed by atoms with van der Waals surface area (Å²) in [6, 6.07) is -1.56. The van der Waals surface area contributed by atoms with Crippen LogP contribution in [0.2, 0.25) is 0 Å². The first-order valence-electron chi connectivity index (χ1n) is 26.3. The Morgan fingerprint density at radius 2 is 0.868 bits per heavy atom. The number of ether oxygens (including phenoxy) is 1. The number of phosphoric acid groups is 1. The summed E-state index contributed by atoms with van der Waals surface area (Å²) in [5.41, 5.74) is 0. The maximum Gasteiger partial charge on any atom is 0.472 e. The van der Waals surface area contributed by atoms with Gasteiger partial charge in [0.2, 0.25) is 5.91 Å². The number of carbonyl (C=O) groups is 3. The van der Waals surface area contributed by atoms with Gasteiger partial charge in [-0.1, -0.05) is 201 Å². The quantitative estimate of drug-likeness (QED) is 0.0199. The number of aliphatic carboxylic acids is 1. The van der Waals surface area contributed by atoms with Crippen molar-refractivity contribution in [1.29, 1.82) is 0 Å². The number of amides is 1. The van der Waals surface area contributed by atoms with Gasteiger partial charge < -0.3 is 25.2 Å². The molecule has 0 aliphatic carbocycles. The van der Waals surface area contributed by atoms with Gasteiger partial charge in [0.05, 0.1) is 13.2 Å². The number of aliphatic hydroxyl groups is 1. The van der Waals surface area contributed by atoms with Gasteiger partial charge in [0.15, 0.2) is 6.04 Å². The molecule has 0 aromatic carbocycles. The molecule has 11 nitrogen and oxygen atoms in total. The molecule has 0 bridgehead atoms. The van der Waals surface area contributed by atoms with Gasteiger partial charge in [-0.2, -0.15) is 0 Å². The molecule has 0 spiro atoms. The van der Waals surface area contributed by atoms with E-state index in [-0.39, 0.29) is 12.8 Å². The minimum atomic E-state index is -4.78. The maximum atomic E-state index is 12.4. The van der Waals surface area contributed by atoms with Crippen LogP contribution in [0.4, 0.5) is 0 Å². The topological polar surface area (TPSA) is 169 Å². The number of hydrogen-bond donors (Lipinski definition) is 4. The molecule has 388 valence electrons. The van der Waals surface area contributed by atoms with Crippen molar-refractivity contribution in [3.63, 3.8) is 0 Å². The van der Waals surface area contributed by atoms with E-state index >= 15 is 0 Å². The number of carbonyl (C=O) groups excluding carboxylic acids is 2. The molecule has 1 amide bonds. The molecule has 3 unspecified atom stereocenters. The second-order valence-electron chi connectivity index (χ2n) is 17.3. The van der Waals surface area contributed by atoms with E-state index in [9.17, 15) is 34.1 Å². The number of hydrogen-bond acceptors (Lipinski definition) is 8. The van der Waals surface area contributed by atoms with Gasteiger partial charge in [-0.25, -0.2) is 9.36 Å². The number of unbranched alkanes of at least 4 members (excludes halogenated alkanes) is 18. The summed E-state index contributed by atoms with van der Waals surface area (Å²) in [4.78, 5) is 46.1. The Labute approximate surface area is 413 Å². The Balaban J connectivity index is 3.92. The number of carboxylic acid groups (broad SMARTS) is 1. The third-order valence-electron chi connectivity index (χ3n) is 10.9. The van der Waals surface area contributed by atoms with Crippen molar-refractivity contribution in [1.82, 2.24) is 5.32 Å². The first kappa shape index (κ1) is 64.4. The zero-order valence-corrected chi connectivity index (χ0v) is 43.3. The normalized spacial score (nSPS) is 14.3. The Hall–Kier alpha value is -3.60. The van der Waals surface area contributed by atoms with E-state index < -0.39 is 57.6 Å². The average Bonchev–Trinajstić information content (AvgIpc) is 3.32. The Morgan fingerprint density at radius 1 is 0.485 bits per heavy atom. The Kier molecular flexibility index (Phi) is 47.2. The summed E-state index contributed by atoms with van der Waals surface area (Å²) in [6.07, 6.45) is 64.3. The highest BCUT2D eigenvalue weighted by Crippen LogP contribution is 2.43. The highest BCUT2D eigenvalue weighted by atomic mass is 31.2. The van der Waals surface area contributed by atoms with Gasteiger partial charge in [-0.05, 0) is 89.9 Å². The van der Waals surface area contributed by atoms with Gasteiger partial charge in [-0.3, -0.25) is 18.6 Å². The molecule has 0 radical (unpaired) electrons. The summed E-state index contributed by atoms with van der Waals surface area (Å²) in [6.45, 7) is 2.43. The van der Waals surface area contributed by atoms with Crippen LogP contribution in [0, 0.1) is 0 Å².